The van der Waals surface area contributed by atoms with Crippen LogP contribution in [-0.2, 0) is 9.63 Å². The molecule has 1 atom stereocenters. The van der Waals surface area contributed by atoms with Crippen LogP contribution in [0.5, 0.6) is 0 Å². The number of hydrogen-bond acceptors (Lipinski definition) is 6. The zero-order valence-electron chi connectivity index (χ0n) is 8.25. The van der Waals surface area contributed by atoms with Crippen LogP contribution < -0.4 is 0 Å². The monoisotopic (exact) mass is 220 g/mol. The lowest BCUT2D eigenvalue weighted by molar-refractivity contribution is -0.730. The molecule has 0 aromatic heterocycles. The van der Waals surface area contributed by atoms with Crippen LogP contribution in [0.1, 0.15) is 26.2 Å². The maximum absolute atomic E-state index is 11.1. The molecule has 86 valence electrons. The van der Waals surface area contributed by atoms with Gasteiger partial charge in [-0.2, -0.15) is 0 Å². The van der Waals surface area contributed by atoms with E-state index in [4.69, 9.17) is 0 Å². The molecule has 0 fully saturated rings. The van der Waals surface area contributed by atoms with Gasteiger partial charge in [0.2, 0.25) is 6.54 Å². The third-order valence-corrected chi connectivity index (χ3v) is 1.80. The van der Waals surface area contributed by atoms with Crippen LogP contribution in [0.25, 0.3) is 0 Å². The minimum absolute atomic E-state index is 0.0342. The maximum Gasteiger partial charge on any atom is 0.307 e. The summed E-state index contributed by atoms with van der Waals surface area (Å²) in [7, 11) is 0. The molecular formula is C7H12N2O6. The van der Waals surface area contributed by atoms with Crippen molar-refractivity contribution in [2.45, 2.75) is 26.2 Å². The number of rotatable bonds is 7. The number of carbonyl (C=O) groups excluding carboxylic acids is 1. The van der Waals surface area contributed by atoms with E-state index in [0.717, 1.165) is 0 Å². The van der Waals surface area contributed by atoms with Gasteiger partial charge in [-0.05, 0) is 6.42 Å². The summed E-state index contributed by atoms with van der Waals surface area (Å²) in [6.45, 7) is 1.39. The Morgan fingerprint density at radius 2 is 1.93 bits per heavy atom. The van der Waals surface area contributed by atoms with Crippen LogP contribution in [0, 0.1) is 26.1 Å². The minimum Gasteiger partial charge on any atom is -0.268 e. The highest BCUT2D eigenvalue weighted by Crippen LogP contribution is 2.13. The van der Waals surface area contributed by atoms with Gasteiger partial charge in [0.25, 0.3) is 0 Å². The van der Waals surface area contributed by atoms with Crippen molar-refractivity contribution >= 4 is 5.97 Å². The summed E-state index contributed by atoms with van der Waals surface area (Å²) in [5, 5.41) is 18.8. The Morgan fingerprint density at radius 1 is 1.33 bits per heavy atom. The second kappa shape index (κ2) is 6.68. The molecule has 0 N–H and O–H groups in total. The van der Waals surface area contributed by atoms with E-state index in [2.05, 4.69) is 4.84 Å². The fraction of sp³-hybridized carbons (Fsp3) is 0.857. The van der Waals surface area contributed by atoms with Gasteiger partial charge in [0.15, 0.2) is 0 Å². The average Bonchev–Trinajstić information content (AvgIpc) is 2.10. The highest BCUT2D eigenvalue weighted by Gasteiger charge is 2.22. The highest BCUT2D eigenvalue weighted by atomic mass is 17.0. The number of carbonyl (C=O) groups is 1. The summed E-state index contributed by atoms with van der Waals surface area (Å²) >= 11 is 0. The van der Waals surface area contributed by atoms with E-state index >= 15 is 0 Å². The van der Waals surface area contributed by atoms with Crippen molar-refractivity contribution in [3.63, 3.8) is 0 Å². The van der Waals surface area contributed by atoms with Crippen molar-refractivity contribution in [2.75, 3.05) is 6.54 Å². The quantitative estimate of drug-likeness (QED) is 0.463. The Kier molecular flexibility index (Phi) is 5.91. The Balaban J connectivity index is 4.17. The molecule has 0 aromatic carbocycles. The summed E-state index contributed by atoms with van der Waals surface area (Å²) in [5.41, 5.74) is 0. The first kappa shape index (κ1) is 13.3. The molecule has 0 spiro atoms. The second-order valence-electron chi connectivity index (χ2n) is 2.96. The number of nitrogens with zero attached hydrogens (tertiary/aromatic N) is 2. The second-order valence-corrected chi connectivity index (χ2v) is 2.96. The third-order valence-electron chi connectivity index (χ3n) is 1.80. The molecule has 0 bridgehead atoms. The lowest BCUT2D eigenvalue weighted by Gasteiger charge is -2.09. The fourth-order valence-corrected chi connectivity index (χ4v) is 1.14. The minimum atomic E-state index is -1.20. The SMILES string of the molecule is CCCC(CC[N+](=O)[O-])C(=O)O[N+](=O)[O-]. The van der Waals surface area contributed by atoms with Crippen LogP contribution in [0.3, 0.4) is 0 Å². The molecule has 0 radical (unpaired) electrons. The zero-order valence-corrected chi connectivity index (χ0v) is 8.25. The predicted molar refractivity (Wildman–Crippen MR) is 48.0 cm³/mol. The summed E-state index contributed by atoms with van der Waals surface area (Å²) in [5.74, 6) is -1.78. The molecule has 8 heteroatoms. The van der Waals surface area contributed by atoms with E-state index in [9.17, 15) is 25.0 Å². The maximum atomic E-state index is 11.1. The molecular weight excluding hydrogens is 208 g/mol. The number of hydrogen-bond donors (Lipinski definition) is 0. The fourth-order valence-electron chi connectivity index (χ4n) is 1.14. The molecule has 0 aliphatic carbocycles. The van der Waals surface area contributed by atoms with Gasteiger partial charge in [0.05, 0.1) is 5.92 Å². The average molecular weight is 220 g/mol. The van der Waals surface area contributed by atoms with Gasteiger partial charge < -0.3 is 0 Å². The first-order valence-corrected chi connectivity index (χ1v) is 4.45. The lowest BCUT2D eigenvalue weighted by Crippen LogP contribution is -2.23. The Hall–Kier alpha value is -1.73. The molecule has 0 aromatic rings. The third kappa shape index (κ3) is 6.36. The molecule has 0 aliphatic heterocycles. The van der Waals surface area contributed by atoms with Crippen molar-refractivity contribution in [3.8, 4) is 0 Å². The van der Waals surface area contributed by atoms with Crippen LogP contribution in [0.15, 0.2) is 0 Å². The van der Waals surface area contributed by atoms with Crippen LogP contribution >= 0.6 is 0 Å². The van der Waals surface area contributed by atoms with E-state index in [0.29, 0.717) is 12.8 Å². The van der Waals surface area contributed by atoms with Crippen LogP contribution in [0.4, 0.5) is 0 Å². The lowest BCUT2D eigenvalue weighted by atomic mass is 10.0. The standard InChI is InChI=1S/C7H12N2O6/c1-2-3-6(4-5-8(11)12)7(10)15-9(13)14/h6H,2-5H2,1H3. The van der Waals surface area contributed by atoms with Crippen molar-refractivity contribution in [3.05, 3.63) is 20.2 Å². The summed E-state index contributed by atoms with van der Waals surface area (Å²) in [6.07, 6.45) is 0.920. The predicted octanol–water partition coefficient (Wildman–Crippen LogP) is 0.804. The summed E-state index contributed by atoms with van der Waals surface area (Å²) in [4.78, 5) is 34.2. The van der Waals surface area contributed by atoms with Gasteiger partial charge in [0.1, 0.15) is 0 Å². The molecule has 0 amide bonds. The van der Waals surface area contributed by atoms with Crippen LogP contribution in [-0.4, -0.2) is 22.5 Å². The van der Waals surface area contributed by atoms with Gasteiger partial charge in [-0.15, -0.1) is 10.1 Å². The van der Waals surface area contributed by atoms with Gasteiger partial charge >= 0.3 is 11.1 Å². The Bertz CT molecular complexity index is 254. The van der Waals surface area contributed by atoms with Crippen molar-refractivity contribution < 1.29 is 19.6 Å². The Labute approximate surface area is 85.5 Å². The highest BCUT2D eigenvalue weighted by molar-refractivity contribution is 5.71. The van der Waals surface area contributed by atoms with Gasteiger partial charge in [0, 0.05) is 11.3 Å². The Morgan fingerprint density at radius 3 is 2.33 bits per heavy atom. The zero-order chi connectivity index (χ0) is 11.8. The van der Waals surface area contributed by atoms with Crippen LogP contribution in [0.2, 0.25) is 0 Å². The number of nitro groups is 1. The molecule has 1 unspecified atom stereocenters. The van der Waals surface area contributed by atoms with Crippen molar-refractivity contribution in [1.82, 2.24) is 0 Å². The van der Waals surface area contributed by atoms with E-state index in [-0.39, 0.29) is 6.42 Å². The van der Waals surface area contributed by atoms with Gasteiger partial charge in [-0.1, -0.05) is 13.3 Å². The van der Waals surface area contributed by atoms with E-state index in [1.165, 1.54) is 0 Å². The molecule has 8 nitrogen and oxygen atoms in total. The summed E-state index contributed by atoms with van der Waals surface area (Å²) < 4.78 is 0. The molecule has 0 saturated heterocycles. The first-order chi connectivity index (χ1) is 6.97. The summed E-state index contributed by atoms with van der Waals surface area (Å²) in [6, 6.07) is 0. The molecule has 0 heterocycles. The normalized spacial score (nSPS) is 11.8. The topological polar surface area (TPSA) is 113 Å². The smallest absolute Gasteiger partial charge is 0.268 e. The van der Waals surface area contributed by atoms with Gasteiger partial charge in [-0.25, -0.2) is 4.84 Å². The van der Waals surface area contributed by atoms with Gasteiger partial charge in [-0.3, -0.25) is 14.9 Å². The first-order valence-electron chi connectivity index (χ1n) is 4.45. The molecule has 0 rings (SSSR count). The van der Waals surface area contributed by atoms with E-state index in [1.807, 2.05) is 0 Å². The molecule has 0 aliphatic rings. The van der Waals surface area contributed by atoms with E-state index < -0.39 is 28.4 Å². The van der Waals surface area contributed by atoms with Crippen molar-refractivity contribution in [2.24, 2.45) is 5.92 Å². The largest absolute Gasteiger partial charge is 0.307 e. The molecule has 0 saturated carbocycles. The van der Waals surface area contributed by atoms with E-state index in [1.54, 1.807) is 6.92 Å². The van der Waals surface area contributed by atoms with Crippen molar-refractivity contribution in [1.29, 1.82) is 0 Å². The molecule has 15 heavy (non-hydrogen) atoms.